The van der Waals surface area contributed by atoms with Crippen LogP contribution in [0.25, 0.3) is 0 Å². The number of aromatic nitrogens is 1. The molecule has 2 aromatic rings. The molecule has 5 nitrogen and oxygen atoms in total. The van der Waals surface area contributed by atoms with Crippen molar-refractivity contribution in [3.8, 4) is 0 Å². The SMILES string of the molecule is CN(Cc1csc(Br)c1)S(=O)(=O)c1ncccc1N. The van der Waals surface area contributed by atoms with Gasteiger partial charge in [-0.1, -0.05) is 0 Å². The normalized spacial score (nSPS) is 11.9. The maximum Gasteiger partial charge on any atom is 0.262 e. The number of sulfonamides is 1. The van der Waals surface area contributed by atoms with E-state index in [1.807, 2.05) is 11.4 Å². The number of nitrogens with zero attached hydrogens (tertiary/aromatic N) is 2. The van der Waals surface area contributed by atoms with Crippen LogP contribution in [-0.2, 0) is 16.6 Å². The third-order valence-electron chi connectivity index (χ3n) is 2.48. The Morgan fingerprint density at radius 3 is 2.84 bits per heavy atom. The molecule has 0 aliphatic carbocycles. The van der Waals surface area contributed by atoms with Crippen LogP contribution in [0.1, 0.15) is 5.56 Å². The molecule has 0 aliphatic heterocycles. The van der Waals surface area contributed by atoms with E-state index in [1.54, 1.807) is 6.07 Å². The number of hydrogen-bond donors (Lipinski definition) is 1. The summed E-state index contributed by atoms with van der Waals surface area (Å²) >= 11 is 4.86. The van der Waals surface area contributed by atoms with Gasteiger partial charge in [0.15, 0.2) is 5.03 Å². The minimum absolute atomic E-state index is 0.105. The molecule has 2 heterocycles. The van der Waals surface area contributed by atoms with Gasteiger partial charge in [0, 0.05) is 19.8 Å². The van der Waals surface area contributed by atoms with Gasteiger partial charge in [0.2, 0.25) is 0 Å². The number of hydrogen-bond acceptors (Lipinski definition) is 5. The van der Waals surface area contributed by atoms with Crippen LogP contribution in [0.5, 0.6) is 0 Å². The average molecular weight is 362 g/mol. The molecule has 0 fully saturated rings. The Kier molecular flexibility index (Phi) is 4.24. The molecule has 0 saturated heterocycles. The van der Waals surface area contributed by atoms with E-state index in [-0.39, 0.29) is 17.3 Å². The number of halogens is 1. The van der Waals surface area contributed by atoms with Crippen molar-refractivity contribution in [3.05, 3.63) is 39.1 Å². The molecule has 0 aromatic carbocycles. The maximum absolute atomic E-state index is 12.3. The lowest BCUT2D eigenvalue weighted by atomic mass is 10.3. The number of pyridine rings is 1. The zero-order valence-corrected chi connectivity index (χ0v) is 13.3. The van der Waals surface area contributed by atoms with E-state index < -0.39 is 10.0 Å². The van der Waals surface area contributed by atoms with Crippen LogP contribution in [0.4, 0.5) is 5.69 Å². The Morgan fingerprint density at radius 2 is 2.26 bits per heavy atom. The average Bonchev–Trinajstić information content (AvgIpc) is 2.75. The molecule has 0 saturated carbocycles. The summed E-state index contributed by atoms with van der Waals surface area (Å²) < 4.78 is 26.9. The molecule has 2 N–H and O–H groups in total. The first kappa shape index (κ1) is 14.4. The zero-order chi connectivity index (χ0) is 14.0. The Bertz CT molecular complexity index is 685. The highest BCUT2D eigenvalue weighted by molar-refractivity contribution is 9.11. The fraction of sp³-hybridized carbons (Fsp3) is 0.182. The quantitative estimate of drug-likeness (QED) is 0.906. The van der Waals surface area contributed by atoms with Gasteiger partial charge >= 0.3 is 0 Å². The second kappa shape index (κ2) is 5.58. The molecule has 0 radical (unpaired) electrons. The molecule has 0 amide bonds. The Morgan fingerprint density at radius 1 is 1.53 bits per heavy atom. The van der Waals surface area contributed by atoms with E-state index in [2.05, 4.69) is 20.9 Å². The topological polar surface area (TPSA) is 76.3 Å². The smallest absolute Gasteiger partial charge is 0.262 e. The Labute approximate surface area is 124 Å². The first-order valence-electron chi connectivity index (χ1n) is 5.31. The van der Waals surface area contributed by atoms with Crippen molar-refractivity contribution in [2.45, 2.75) is 11.6 Å². The van der Waals surface area contributed by atoms with E-state index >= 15 is 0 Å². The highest BCUT2D eigenvalue weighted by Crippen LogP contribution is 2.24. The van der Waals surface area contributed by atoms with Crippen LogP contribution in [0.2, 0.25) is 0 Å². The predicted molar refractivity (Wildman–Crippen MR) is 79.3 cm³/mol. The van der Waals surface area contributed by atoms with Gasteiger partial charge in [-0.3, -0.25) is 0 Å². The van der Waals surface area contributed by atoms with Gasteiger partial charge in [0.25, 0.3) is 10.0 Å². The molecule has 8 heteroatoms. The minimum atomic E-state index is -3.67. The number of rotatable bonds is 4. The van der Waals surface area contributed by atoms with Crippen molar-refractivity contribution in [3.63, 3.8) is 0 Å². The molecule has 2 aromatic heterocycles. The molecule has 0 aliphatic rings. The van der Waals surface area contributed by atoms with Crippen molar-refractivity contribution in [2.75, 3.05) is 12.8 Å². The van der Waals surface area contributed by atoms with Crippen LogP contribution in [0, 0.1) is 0 Å². The van der Waals surface area contributed by atoms with Crippen LogP contribution in [0.3, 0.4) is 0 Å². The zero-order valence-electron chi connectivity index (χ0n) is 10.1. The van der Waals surface area contributed by atoms with Crippen molar-refractivity contribution >= 4 is 43.0 Å². The number of nitrogen functional groups attached to an aromatic ring is 1. The molecule has 0 bridgehead atoms. The lowest BCUT2D eigenvalue weighted by molar-refractivity contribution is 0.465. The van der Waals surface area contributed by atoms with Gasteiger partial charge in [-0.15, -0.1) is 11.3 Å². The van der Waals surface area contributed by atoms with E-state index in [0.717, 1.165) is 9.35 Å². The molecule has 102 valence electrons. The summed E-state index contributed by atoms with van der Waals surface area (Å²) in [7, 11) is -2.16. The van der Waals surface area contributed by atoms with Crippen LogP contribution in [0.15, 0.2) is 38.6 Å². The van der Waals surface area contributed by atoms with Crippen molar-refractivity contribution in [1.29, 1.82) is 0 Å². The Hall–Kier alpha value is -0.960. The first-order valence-corrected chi connectivity index (χ1v) is 8.42. The van der Waals surface area contributed by atoms with E-state index in [9.17, 15) is 8.42 Å². The molecule has 0 unspecified atom stereocenters. The summed E-state index contributed by atoms with van der Waals surface area (Å²) in [5.74, 6) is 0. The number of thiophene rings is 1. The third kappa shape index (κ3) is 3.14. The van der Waals surface area contributed by atoms with Gasteiger partial charge in [0.05, 0.1) is 9.47 Å². The highest BCUT2D eigenvalue weighted by atomic mass is 79.9. The van der Waals surface area contributed by atoms with E-state index in [0.29, 0.717) is 0 Å². The lowest BCUT2D eigenvalue weighted by Crippen LogP contribution is -2.27. The maximum atomic E-state index is 12.3. The standard InChI is InChI=1S/C11H12BrN3O2S2/c1-15(6-8-5-10(12)18-7-8)19(16,17)11-9(13)3-2-4-14-11/h2-5,7H,6,13H2,1H3. The van der Waals surface area contributed by atoms with Gasteiger partial charge in [-0.05, 0) is 45.1 Å². The predicted octanol–water partition coefficient (Wildman–Crippen LogP) is 2.31. The minimum Gasteiger partial charge on any atom is -0.396 e. The Balaban J connectivity index is 2.27. The second-order valence-corrected chi connectivity index (χ2v) is 8.17. The molecule has 0 atom stereocenters. The monoisotopic (exact) mass is 361 g/mol. The third-order valence-corrected chi connectivity index (χ3v) is 5.82. The largest absolute Gasteiger partial charge is 0.396 e. The number of anilines is 1. The van der Waals surface area contributed by atoms with Crippen LogP contribution < -0.4 is 5.73 Å². The molecule has 0 spiro atoms. The summed E-state index contributed by atoms with van der Waals surface area (Å²) in [6.07, 6.45) is 1.41. The first-order chi connectivity index (χ1) is 8.91. The summed E-state index contributed by atoms with van der Waals surface area (Å²) in [6, 6.07) is 5.01. The van der Waals surface area contributed by atoms with Gasteiger partial charge in [0.1, 0.15) is 0 Å². The van der Waals surface area contributed by atoms with Gasteiger partial charge in [-0.25, -0.2) is 13.4 Å². The molecule has 19 heavy (non-hydrogen) atoms. The summed E-state index contributed by atoms with van der Waals surface area (Å²) in [5, 5.41) is 1.80. The van der Waals surface area contributed by atoms with Crippen LogP contribution >= 0.6 is 27.3 Å². The van der Waals surface area contributed by atoms with Crippen molar-refractivity contribution in [1.82, 2.24) is 9.29 Å². The molecule has 2 rings (SSSR count). The number of nitrogens with two attached hydrogens (primary N) is 1. The fourth-order valence-electron chi connectivity index (χ4n) is 1.54. The molecular weight excluding hydrogens is 350 g/mol. The van der Waals surface area contributed by atoms with E-state index in [4.69, 9.17) is 5.73 Å². The second-order valence-electron chi connectivity index (χ2n) is 3.92. The van der Waals surface area contributed by atoms with Crippen LogP contribution in [-0.4, -0.2) is 24.8 Å². The van der Waals surface area contributed by atoms with Crippen molar-refractivity contribution in [2.24, 2.45) is 0 Å². The summed E-state index contributed by atoms with van der Waals surface area (Å²) in [4.78, 5) is 3.86. The highest BCUT2D eigenvalue weighted by Gasteiger charge is 2.24. The van der Waals surface area contributed by atoms with Gasteiger partial charge in [-0.2, -0.15) is 4.31 Å². The lowest BCUT2D eigenvalue weighted by Gasteiger charge is -2.16. The molecular formula is C11H12BrN3O2S2. The summed E-state index contributed by atoms with van der Waals surface area (Å²) in [5.41, 5.74) is 6.74. The summed E-state index contributed by atoms with van der Waals surface area (Å²) in [6.45, 7) is 0.278. The van der Waals surface area contributed by atoms with Gasteiger partial charge < -0.3 is 5.73 Å². The fourth-order valence-corrected chi connectivity index (χ4v) is 3.91. The van der Waals surface area contributed by atoms with Crippen molar-refractivity contribution < 1.29 is 8.42 Å². The van der Waals surface area contributed by atoms with E-state index in [1.165, 1.54) is 35.0 Å².